The van der Waals surface area contributed by atoms with Crippen LogP contribution in [0.2, 0.25) is 0 Å². The highest BCUT2D eigenvalue weighted by molar-refractivity contribution is 5.84. The van der Waals surface area contributed by atoms with E-state index < -0.39 is 0 Å². The fraction of sp³-hybridized carbons (Fsp3) is 0.562. The first-order chi connectivity index (χ1) is 9.79. The largest absolute Gasteiger partial charge is 0.449 e. The van der Waals surface area contributed by atoms with Crippen LogP contribution in [0.1, 0.15) is 44.1 Å². The van der Waals surface area contributed by atoms with E-state index in [9.17, 15) is 4.79 Å². The number of benzene rings is 1. The molecular weight excluding hydrogens is 252 g/mol. The minimum atomic E-state index is -0.360. The van der Waals surface area contributed by atoms with Gasteiger partial charge in [-0.2, -0.15) is 0 Å². The van der Waals surface area contributed by atoms with Gasteiger partial charge in [-0.25, -0.2) is 4.79 Å². The topological polar surface area (TPSA) is 50.4 Å². The summed E-state index contributed by atoms with van der Waals surface area (Å²) in [5.74, 6) is 0.592. The lowest BCUT2D eigenvalue weighted by molar-refractivity contribution is 0.160. The third-order valence-corrected chi connectivity index (χ3v) is 3.67. The number of carbonyl (C=O) groups excluding carboxylic acids is 1. The number of piperidine rings is 1. The van der Waals surface area contributed by atoms with E-state index in [2.05, 4.69) is 29.7 Å². The van der Waals surface area contributed by atoms with Gasteiger partial charge in [-0.15, -0.1) is 0 Å². The number of nitrogens with one attached hydrogen (secondary N) is 2. The van der Waals surface area contributed by atoms with E-state index in [1.807, 2.05) is 12.1 Å². The number of carbonyl (C=O) groups is 1. The van der Waals surface area contributed by atoms with Gasteiger partial charge in [-0.3, -0.25) is 5.32 Å². The fourth-order valence-electron chi connectivity index (χ4n) is 2.49. The van der Waals surface area contributed by atoms with E-state index in [-0.39, 0.29) is 6.09 Å². The quantitative estimate of drug-likeness (QED) is 0.809. The molecular formula is C16H24N2O2. The molecule has 4 heteroatoms. The van der Waals surface area contributed by atoms with Crippen LogP contribution in [0, 0.1) is 0 Å². The fourth-order valence-corrected chi connectivity index (χ4v) is 2.49. The molecule has 1 saturated heterocycles. The van der Waals surface area contributed by atoms with Crippen LogP contribution in [-0.4, -0.2) is 25.8 Å². The summed E-state index contributed by atoms with van der Waals surface area (Å²) < 4.78 is 5.11. The average molecular weight is 276 g/mol. The van der Waals surface area contributed by atoms with Crippen molar-refractivity contribution in [3.8, 4) is 0 Å². The first-order valence-electron chi connectivity index (χ1n) is 7.54. The molecule has 1 heterocycles. The molecule has 4 nitrogen and oxygen atoms in total. The molecule has 0 bridgehead atoms. The van der Waals surface area contributed by atoms with Crippen LogP contribution >= 0.6 is 0 Å². The first-order valence-corrected chi connectivity index (χ1v) is 7.54. The lowest BCUT2D eigenvalue weighted by Crippen LogP contribution is -2.26. The zero-order chi connectivity index (χ0) is 14.2. The highest BCUT2D eigenvalue weighted by atomic mass is 16.5. The normalized spacial score (nSPS) is 15.8. The molecule has 0 saturated carbocycles. The van der Waals surface area contributed by atoms with Crippen molar-refractivity contribution < 1.29 is 9.53 Å². The second-order valence-electron chi connectivity index (χ2n) is 5.26. The van der Waals surface area contributed by atoms with Crippen LogP contribution < -0.4 is 10.6 Å². The maximum Gasteiger partial charge on any atom is 0.411 e. The predicted molar refractivity (Wildman–Crippen MR) is 81.2 cm³/mol. The van der Waals surface area contributed by atoms with Crippen LogP contribution in [0.5, 0.6) is 0 Å². The number of hydrogen-bond donors (Lipinski definition) is 2. The Kier molecular flexibility index (Phi) is 5.87. The molecule has 1 aromatic carbocycles. The summed E-state index contributed by atoms with van der Waals surface area (Å²) in [4.78, 5) is 11.6. The minimum absolute atomic E-state index is 0.360. The second-order valence-corrected chi connectivity index (χ2v) is 5.26. The monoisotopic (exact) mass is 276 g/mol. The van der Waals surface area contributed by atoms with E-state index in [0.29, 0.717) is 12.5 Å². The molecule has 1 aliphatic heterocycles. The third kappa shape index (κ3) is 4.53. The van der Waals surface area contributed by atoms with Gasteiger partial charge in [0.25, 0.3) is 0 Å². The highest BCUT2D eigenvalue weighted by Crippen LogP contribution is 2.27. The highest BCUT2D eigenvalue weighted by Gasteiger charge is 2.15. The number of hydrogen-bond acceptors (Lipinski definition) is 3. The van der Waals surface area contributed by atoms with Crippen molar-refractivity contribution in [2.75, 3.05) is 25.0 Å². The van der Waals surface area contributed by atoms with E-state index in [1.54, 1.807) is 0 Å². The van der Waals surface area contributed by atoms with Gasteiger partial charge in [-0.05, 0) is 56.0 Å². The number of unbranched alkanes of at least 4 members (excludes halogenated alkanes) is 1. The summed E-state index contributed by atoms with van der Waals surface area (Å²) in [6.07, 6.45) is 3.89. The van der Waals surface area contributed by atoms with Gasteiger partial charge in [-0.1, -0.05) is 25.5 Å². The molecule has 1 aliphatic rings. The number of amides is 1. The summed E-state index contributed by atoms with van der Waals surface area (Å²) in [5, 5.41) is 6.17. The molecule has 1 fully saturated rings. The summed E-state index contributed by atoms with van der Waals surface area (Å²) in [6.45, 7) is 4.70. The molecule has 0 aliphatic carbocycles. The Labute approximate surface area is 120 Å². The number of anilines is 1. The van der Waals surface area contributed by atoms with Crippen molar-refractivity contribution in [3.63, 3.8) is 0 Å². The molecule has 0 aromatic heterocycles. The minimum Gasteiger partial charge on any atom is -0.449 e. The molecule has 0 unspecified atom stereocenters. The van der Waals surface area contributed by atoms with E-state index in [0.717, 1.165) is 44.5 Å². The lowest BCUT2D eigenvalue weighted by atomic mass is 9.90. The molecule has 2 rings (SSSR count). The van der Waals surface area contributed by atoms with Crippen LogP contribution in [0.3, 0.4) is 0 Å². The third-order valence-electron chi connectivity index (χ3n) is 3.67. The zero-order valence-electron chi connectivity index (χ0n) is 12.2. The maximum absolute atomic E-state index is 11.6. The van der Waals surface area contributed by atoms with Crippen LogP contribution in [-0.2, 0) is 4.74 Å². The Balaban J connectivity index is 1.90. The van der Waals surface area contributed by atoms with Crippen LogP contribution in [0.25, 0.3) is 0 Å². The molecule has 0 atom stereocenters. The number of ether oxygens (including phenoxy) is 1. The molecule has 0 radical (unpaired) electrons. The average Bonchev–Trinajstić information content (AvgIpc) is 2.49. The van der Waals surface area contributed by atoms with Crippen molar-refractivity contribution in [1.82, 2.24) is 5.32 Å². The Morgan fingerprint density at radius 1 is 1.40 bits per heavy atom. The number of rotatable bonds is 5. The van der Waals surface area contributed by atoms with Crippen molar-refractivity contribution >= 4 is 11.8 Å². The van der Waals surface area contributed by atoms with E-state index >= 15 is 0 Å². The summed E-state index contributed by atoms with van der Waals surface area (Å²) >= 11 is 0. The van der Waals surface area contributed by atoms with Gasteiger partial charge in [0.15, 0.2) is 0 Å². The van der Waals surface area contributed by atoms with Gasteiger partial charge in [0.1, 0.15) is 0 Å². The van der Waals surface area contributed by atoms with Gasteiger partial charge in [0.05, 0.1) is 6.61 Å². The zero-order valence-corrected chi connectivity index (χ0v) is 12.2. The summed E-state index contributed by atoms with van der Waals surface area (Å²) in [5.41, 5.74) is 2.13. The predicted octanol–water partition coefficient (Wildman–Crippen LogP) is 3.50. The maximum atomic E-state index is 11.6. The van der Waals surface area contributed by atoms with Gasteiger partial charge >= 0.3 is 6.09 Å². The standard InChI is InChI=1S/C16H24N2O2/c1-2-3-11-20-16(19)18-15-6-4-5-14(12-15)13-7-9-17-10-8-13/h4-6,12-13,17H,2-3,7-11H2,1H3,(H,18,19). The Morgan fingerprint density at radius 3 is 2.95 bits per heavy atom. The van der Waals surface area contributed by atoms with Crippen LogP contribution in [0.15, 0.2) is 24.3 Å². The summed E-state index contributed by atoms with van der Waals surface area (Å²) in [6, 6.07) is 8.12. The molecule has 0 spiro atoms. The van der Waals surface area contributed by atoms with E-state index in [1.165, 1.54) is 5.56 Å². The Hall–Kier alpha value is -1.55. The van der Waals surface area contributed by atoms with Gasteiger partial charge in [0, 0.05) is 5.69 Å². The first kappa shape index (κ1) is 14.9. The lowest BCUT2D eigenvalue weighted by Gasteiger charge is -2.23. The molecule has 1 amide bonds. The molecule has 2 N–H and O–H groups in total. The van der Waals surface area contributed by atoms with Gasteiger partial charge < -0.3 is 10.1 Å². The molecule has 20 heavy (non-hydrogen) atoms. The van der Waals surface area contributed by atoms with Crippen molar-refractivity contribution in [3.05, 3.63) is 29.8 Å². The Morgan fingerprint density at radius 2 is 2.20 bits per heavy atom. The van der Waals surface area contributed by atoms with Crippen molar-refractivity contribution in [2.24, 2.45) is 0 Å². The van der Waals surface area contributed by atoms with Crippen molar-refractivity contribution in [2.45, 2.75) is 38.5 Å². The van der Waals surface area contributed by atoms with E-state index in [4.69, 9.17) is 4.74 Å². The Bertz CT molecular complexity index is 428. The van der Waals surface area contributed by atoms with Crippen LogP contribution in [0.4, 0.5) is 10.5 Å². The second kappa shape index (κ2) is 7.90. The molecule has 1 aromatic rings. The SMILES string of the molecule is CCCCOC(=O)Nc1cccc(C2CCNCC2)c1. The van der Waals surface area contributed by atoms with Crippen molar-refractivity contribution in [1.29, 1.82) is 0 Å². The summed E-state index contributed by atoms with van der Waals surface area (Å²) in [7, 11) is 0. The smallest absolute Gasteiger partial charge is 0.411 e. The van der Waals surface area contributed by atoms with Gasteiger partial charge in [0.2, 0.25) is 0 Å². The molecule has 110 valence electrons.